The average Bonchev–Trinajstić information content (AvgIpc) is 2.45. The molecule has 0 aromatic heterocycles. The van der Waals surface area contributed by atoms with Crippen LogP contribution in [0.25, 0.3) is 0 Å². The molecular weight excluding hydrogens is 292 g/mol. The number of ether oxygens (including phenoxy) is 1. The normalized spacial score (nSPS) is 10.2. The van der Waals surface area contributed by atoms with Crippen molar-refractivity contribution in [1.82, 2.24) is 0 Å². The number of rotatable bonds is 6. The molecule has 21 heavy (non-hydrogen) atoms. The standard InChI is InChI=1S/C15H15ClN2O3/c1-11-3-2-4-13(9-11)21-8-7-17-15-6-5-12(18(19)20)10-14(15)16/h2-6,9-10,17H,7-8H2,1H3. The van der Waals surface area contributed by atoms with Gasteiger partial charge in [-0.25, -0.2) is 0 Å². The lowest BCUT2D eigenvalue weighted by molar-refractivity contribution is -0.384. The Morgan fingerprint density at radius 3 is 2.76 bits per heavy atom. The Balaban J connectivity index is 1.85. The topological polar surface area (TPSA) is 64.4 Å². The van der Waals surface area contributed by atoms with Crippen molar-refractivity contribution in [3.05, 3.63) is 63.2 Å². The molecular formula is C15H15ClN2O3. The number of nitro groups is 1. The average molecular weight is 307 g/mol. The van der Waals surface area contributed by atoms with E-state index in [0.717, 1.165) is 11.3 Å². The van der Waals surface area contributed by atoms with Crippen LogP contribution in [0.5, 0.6) is 5.75 Å². The number of hydrogen-bond acceptors (Lipinski definition) is 4. The number of halogens is 1. The number of nitrogens with one attached hydrogen (secondary N) is 1. The third-order valence-corrected chi connectivity index (χ3v) is 3.15. The lowest BCUT2D eigenvalue weighted by atomic mass is 10.2. The summed E-state index contributed by atoms with van der Waals surface area (Å²) in [6.45, 7) is 3.02. The Morgan fingerprint density at radius 1 is 1.29 bits per heavy atom. The van der Waals surface area contributed by atoms with E-state index in [9.17, 15) is 10.1 Å². The third kappa shape index (κ3) is 4.36. The monoisotopic (exact) mass is 306 g/mol. The Labute approximate surface area is 127 Å². The molecule has 0 aliphatic carbocycles. The molecule has 0 heterocycles. The van der Waals surface area contributed by atoms with Gasteiger partial charge in [-0.15, -0.1) is 0 Å². The van der Waals surface area contributed by atoms with Crippen LogP contribution in [0.15, 0.2) is 42.5 Å². The maximum absolute atomic E-state index is 10.6. The van der Waals surface area contributed by atoms with Crippen LogP contribution in [-0.2, 0) is 0 Å². The largest absolute Gasteiger partial charge is 0.492 e. The van der Waals surface area contributed by atoms with Crippen LogP contribution in [0.4, 0.5) is 11.4 Å². The van der Waals surface area contributed by atoms with Crippen molar-refractivity contribution < 1.29 is 9.66 Å². The van der Waals surface area contributed by atoms with Gasteiger partial charge in [0.05, 0.1) is 15.6 Å². The molecule has 6 heteroatoms. The molecule has 0 amide bonds. The van der Waals surface area contributed by atoms with Crippen molar-refractivity contribution in [3.8, 4) is 5.75 Å². The highest BCUT2D eigenvalue weighted by atomic mass is 35.5. The Hall–Kier alpha value is -2.27. The van der Waals surface area contributed by atoms with Crippen LogP contribution in [-0.4, -0.2) is 18.1 Å². The fourth-order valence-electron chi connectivity index (χ4n) is 1.82. The van der Waals surface area contributed by atoms with Gasteiger partial charge in [-0.2, -0.15) is 0 Å². The van der Waals surface area contributed by atoms with Gasteiger partial charge in [0.15, 0.2) is 0 Å². The first-order valence-corrected chi connectivity index (χ1v) is 6.81. The van der Waals surface area contributed by atoms with E-state index < -0.39 is 4.92 Å². The molecule has 5 nitrogen and oxygen atoms in total. The third-order valence-electron chi connectivity index (χ3n) is 2.84. The predicted molar refractivity (Wildman–Crippen MR) is 83.3 cm³/mol. The molecule has 0 aliphatic rings. The zero-order valence-corrected chi connectivity index (χ0v) is 12.3. The minimum Gasteiger partial charge on any atom is -0.492 e. The molecule has 110 valence electrons. The maximum Gasteiger partial charge on any atom is 0.271 e. The van der Waals surface area contributed by atoms with E-state index in [1.807, 2.05) is 31.2 Å². The fraction of sp³-hybridized carbons (Fsp3) is 0.200. The lowest BCUT2D eigenvalue weighted by Crippen LogP contribution is -2.11. The molecule has 2 aromatic carbocycles. The fourth-order valence-corrected chi connectivity index (χ4v) is 2.06. The number of aryl methyl sites for hydroxylation is 1. The van der Waals surface area contributed by atoms with Gasteiger partial charge in [-0.1, -0.05) is 23.7 Å². The number of hydrogen-bond donors (Lipinski definition) is 1. The van der Waals surface area contributed by atoms with Gasteiger partial charge in [0.25, 0.3) is 5.69 Å². The first-order valence-electron chi connectivity index (χ1n) is 6.43. The molecule has 2 aromatic rings. The second-order valence-electron chi connectivity index (χ2n) is 4.51. The smallest absolute Gasteiger partial charge is 0.271 e. The molecule has 0 fully saturated rings. The number of non-ortho nitro benzene ring substituents is 1. The summed E-state index contributed by atoms with van der Waals surface area (Å²) in [7, 11) is 0. The minimum absolute atomic E-state index is 0.0263. The first kappa shape index (κ1) is 15.1. The van der Waals surface area contributed by atoms with Crippen molar-refractivity contribution in [1.29, 1.82) is 0 Å². The molecule has 1 N–H and O–H groups in total. The van der Waals surface area contributed by atoms with Crippen molar-refractivity contribution >= 4 is 23.0 Å². The summed E-state index contributed by atoms with van der Waals surface area (Å²) in [5.74, 6) is 0.812. The van der Waals surface area contributed by atoms with Crippen LogP contribution < -0.4 is 10.1 Å². The van der Waals surface area contributed by atoms with E-state index in [-0.39, 0.29) is 5.69 Å². The molecule has 0 bridgehead atoms. The molecule has 0 radical (unpaired) electrons. The Kier molecular flexibility index (Phi) is 5.00. The van der Waals surface area contributed by atoms with Crippen LogP contribution >= 0.6 is 11.6 Å². The minimum atomic E-state index is -0.476. The number of nitro benzene ring substituents is 1. The van der Waals surface area contributed by atoms with Crippen LogP contribution in [0.3, 0.4) is 0 Å². The highest BCUT2D eigenvalue weighted by Gasteiger charge is 2.08. The summed E-state index contributed by atoms with van der Waals surface area (Å²) in [6, 6.07) is 12.1. The molecule has 0 unspecified atom stereocenters. The highest BCUT2D eigenvalue weighted by molar-refractivity contribution is 6.33. The summed E-state index contributed by atoms with van der Waals surface area (Å²) >= 11 is 5.98. The summed E-state index contributed by atoms with van der Waals surface area (Å²) in [4.78, 5) is 10.1. The van der Waals surface area contributed by atoms with Crippen LogP contribution in [0.2, 0.25) is 5.02 Å². The highest BCUT2D eigenvalue weighted by Crippen LogP contribution is 2.26. The molecule has 0 atom stereocenters. The second kappa shape index (κ2) is 6.95. The maximum atomic E-state index is 10.6. The Morgan fingerprint density at radius 2 is 2.10 bits per heavy atom. The summed E-state index contributed by atoms with van der Waals surface area (Å²) < 4.78 is 5.60. The van der Waals surface area contributed by atoms with E-state index in [4.69, 9.17) is 16.3 Å². The second-order valence-corrected chi connectivity index (χ2v) is 4.92. The van der Waals surface area contributed by atoms with Crippen molar-refractivity contribution in [2.75, 3.05) is 18.5 Å². The first-order chi connectivity index (χ1) is 10.1. The zero-order chi connectivity index (χ0) is 15.2. The van der Waals surface area contributed by atoms with Crippen LogP contribution in [0, 0.1) is 17.0 Å². The van der Waals surface area contributed by atoms with Crippen LogP contribution in [0.1, 0.15) is 5.56 Å². The van der Waals surface area contributed by atoms with Gasteiger partial charge in [-0.05, 0) is 30.7 Å². The summed E-state index contributed by atoms with van der Waals surface area (Å²) in [5, 5.41) is 14.0. The molecule has 0 saturated heterocycles. The molecule has 0 saturated carbocycles. The van der Waals surface area contributed by atoms with E-state index in [2.05, 4.69) is 5.32 Å². The lowest BCUT2D eigenvalue weighted by Gasteiger charge is -2.10. The van der Waals surface area contributed by atoms with E-state index >= 15 is 0 Å². The van der Waals surface area contributed by atoms with E-state index in [1.165, 1.54) is 12.1 Å². The van der Waals surface area contributed by atoms with Gasteiger partial charge in [0.1, 0.15) is 12.4 Å². The van der Waals surface area contributed by atoms with Crippen molar-refractivity contribution in [2.24, 2.45) is 0 Å². The van der Waals surface area contributed by atoms with Gasteiger partial charge in [0, 0.05) is 18.7 Å². The number of nitrogens with zero attached hydrogens (tertiary/aromatic N) is 1. The molecule has 2 rings (SSSR count). The van der Waals surface area contributed by atoms with Gasteiger partial charge in [-0.3, -0.25) is 10.1 Å². The summed E-state index contributed by atoms with van der Waals surface area (Å²) in [6.07, 6.45) is 0. The van der Waals surface area contributed by atoms with Crippen molar-refractivity contribution in [3.63, 3.8) is 0 Å². The van der Waals surface area contributed by atoms with E-state index in [0.29, 0.717) is 23.9 Å². The Bertz CT molecular complexity index is 647. The van der Waals surface area contributed by atoms with Gasteiger partial charge < -0.3 is 10.1 Å². The SMILES string of the molecule is Cc1cccc(OCCNc2ccc([N+](=O)[O-])cc2Cl)c1. The predicted octanol–water partition coefficient (Wildman–Crippen LogP) is 4.05. The zero-order valence-electron chi connectivity index (χ0n) is 11.5. The number of benzene rings is 2. The van der Waals surface area contributed by atoms with E-state index in [1.54, 1.807) is 6.07 Å². The summed E-state index contributed by atoms with van der Waals surface area (Å²) in [5.41, 5.74) is 1.76. The quantitative estimate of drug-likeness (QED) is 0.497. The van der Waals surface area contributed by atoms with Crippen molar-refractivity contribution in [2.45, 2.75) is 6.92 Å². The number of anilines is 1. The molecule has 0 spiro atoms. The van der Waals surface area contributed by atoms with Gasteiger partial charge in [0.2, 0.25) is 0 Å². The van der Waals surface area contributed by atoms with Gasteiger partial charge >= 0.3 is 0 Å². The molecule has 0 aliphatic heterocycles.